The van der Waals surface area contributed by atoms with Crippen LogP contribution in [0.25, 0.3) is 0 Å². The Hall–Kier alpha value is -3.50. The van der Waals surface area contributed by atoms with Crippen LogP contribution in [0.5, 0.6) is 0 Å². The highest BCUT2D eigenvalue weighted by atomic mass is 35.5. The fourth-order valence-corrected chi connectivity index (χ4v) is 4.10. The minimum absolute atomic E-state index is 0.107. The van der Waals surface area contributed by atoms with Crippen molar-refractivity contribution in [2.45, 2.75) is 25.1 Å². The van der Waals surface area contributed by atoms with Gasteiger partial charge in [-0.2, -0.15) is 13.2 Å². The Morgan fingerprint density at radius 2 is 1.75 bits per heavy atom. The third-order valence-corrected chi connectivity index (χ3v) is 6.12. The van der Waals surface area contributed by atoms with Gasteiger partial charge in [0.05, 0.1) is 11.4 Å². The molecule has 0 unspecified atom stereocenters. The minimum atomic E-state index is -4.24. The first-order valence-corrected chi connectivity index (χ1v) is 11.0. The van der Waals surface area contributed by atoms with Crippen LogP contribution in [-0.4, -0.2) is 29.4 Å². The summed E-state index contributed by atoms with van der Waals surface area (Å²) in [6.45, 7) is 0.820. The molecule has 0 fully saturated rings. The van der Waals surface area contributed by atoms with Crippen molar-refractivity contribution in [3.8, 4) is 0 Å². The zero-order chi connectivity index (χ0) is 26.4. The van der Waals surface area contributed by atoms with E-state index in [1.165, 1.54) is 19.1 Å². The van der Waals surface area contributed by atoms with Gasteiger partial charge in [-0.3, -0.25) is 9.59 Å². The molecule has 1 atom stereocenters. The number of hydrogen-bond donors (Lipinski definition) is 2. The van der Waals surface area contributed by atoms with Crippen molar-refractivity contribution in [1.29, 1.82) is 0 Å². The van der Waals surface area contributed by atoms with Gasteiger partial charge in [-0.15, -0.1) is 0 Å². The van der Waals surface area contributed by atoms with Gasteiger partial charge in [-0.25, -0.2) is 8.78 Å². The second kappa shape index (κ2) is 9.18. The van der Waals surface area contributed by atoms with E-state index in [1.807, 2.05) is 0 Å². The van der Waals surface area contributed by atoms with Crippen LogP contribution in [0.1, 0.15) is 38.3 Å². The lowest BCUT2D eigenvalue weighted by molar-refractivity contribution is -0.261. The van der Waals surface area contributed by atoms with Crippen LogP contribution in [0.3, 0.4) is 0 Å². The van der Waals surface area contributed by atoms with Crippen molar-refractivity contribution in [1.82, 2.24) is 0 Å². The summed E-state index contributed by atoms with van der Waals surface area (Å²) in [5, 5.41) is 12.2. The van der Waals surface area contributed by atoms with Crippen molar-refractivity contribution in [3.05, 3.63) is 93.5 Å². The van der Waals surface area contributed by atoms with Gasteiger partial charge in [0.25, 0.3) is 17.7 Å². The topological polar surface area (TPSA) is 69.6 Å². The SMILES string of the molecule is Cc1cc(F)ccc1C(=O)Nc1ccc(C(=O)N2CCC(F)(F)[C@@](O)(F)c3cc(Cl)ccc32)cc1F. The highest BCUT2D eigenvalue weighted by Crippen LogP contribution is 2.48. The molecule has 188 valence electrons. The normalized spacial score (nSPS) is 18.8. The number of benzene rings is 3. The van der Waals surface area contributed by atoms with E-state index in [0.717, 1.165) is 47.4 Å². The average molecular weight is 525 g/mol. The van der Waals surface area contributed by atoms with E-state index in [2.05, 4.69) is 5.32 Å². The molecular formula is C25H18ClF5N2O3. The fourth-order valence-electron chi connectivity index (χ4n) is 3.93. The van der Waals surface area contributed by atoms with Gasteiger partial charge in [0, 0.05) is 34.7 Å². The second-order valence-corrected chi connectivity index (χ2v) is 8.74. The van der Waals surface area contributed by atoms with Crippen LogP contribution in [0.2, 0.25) is 5.02 Å². The van der Waals surface area contributed by atoms with E-state index in [-0.39, 0.29) is 27.5 Å². The van der Waals surface area contributed by atoms with Crippen molar-refractivity contribution in [3.63, 3.8) is 0 Å². The lowest BCUT2D eigenvalue weighted by atomic mass is 9.98. The maximum absolute atomic E-state index is 14.8. The third kappa shape index (κ3) is 4.54. The number of carbonyl (C=O) groups is 2. The van der Waals surface area contributed by atoms with Crippen molar-refractivity contribution < 1.29 is 36.6 Å². The fraction of sp³-hybridized carbons (Fsp3) is 0.200. The quantitative estimate of drug-likeness (QED) is 0.414. The molecular weight excluding hydrogens is 507 g/mol. The minimum Gasteiger partial charge on any atom is -0.353 e. The number of carbonyl (C=O) groups excluding carboxylic acids is 2. The molecule has 0 bridgehead atoms. The van der Waals surface area contributed by atoms with E-state index >= 15 is 0 Å². The molecule has 2 N–H and O–H groups in total. The second-order valence-electron chi connectivity index (χ2n) is 8.30. The summed E-state index contributed by atoms with van der Waals surface area (Å²) in [7, 11) is 0. The Labute approximate surface area is 207 Å². The Balaban J connectivity index is 1.64. The molecule has 0 radical (unpaired) electrons. The standard InChI is InChI=1S/C25H18ClF5N2O3/c1-13-10-16(27)4-5-17(13)22(34)32-20-6-2-14(11-19(20)28)23(35)33-9-8-24(29,30)25(31,36)18-12-15(26)3-7-21(18)33/h2-7,10-12,36H,8-9H2,1H3,(H,32,34)/t25-/m1/s1. The largest absolute Gasteiger partial charge is 0.353 e. The Kier molecular flexibility index (Phi) is 6.52. The van der Waals surface area contributed by atoms with E-state index in [4.69, 9.17) is 11.6 Å². The summed E-state index contributed by atoms with van der Waals surface area (Å²) in [5.41, 5.74) is -1.38. The number of nitrogens with one attached hydrogen (secondary N) is 1. The molecule has 0 saturated heterocycles. The number of amides is 2. The number of fused-ring (bicyclic) bond motifs is 1. The number of aryl methyl sites for hydroxylation is 1. The van der Waals surface area contributed by atoms with E-state index in [0.29, 0.717) is 5.56 Å². The number of aliphatic hydroxyl groups is 1. The van der Waals surface area contributed by atoms with Gasteiger partial charge in [0.15, 0.2) is 0 Å². The third-order valence-electron chi connectivity index (χ3n) is 5.88. The molecule has 0 spiro atoms. The van der Waals surface area contributed by atoms with Gasteiger partial charge in [0.2, 0.25) is 0 Å². The molecule has 0 aromatic heterocycles. The molecule has 3 aromatic rings. The number of anilines is 2. The lowest BCUT2D eigenvalue weighted by Crippen LogP contribution is -2.41. The van der Waals surface area contributed by atoms with Gasteiger partial charge in [0.1, 0.15) is 11.6 Å². The molecule has 2 amide bonds. The smallest absolute Gasteiger partial charge is 0.311 e. The Bertz CT molecular complexity index is 1380. The number of alkyl halides is 3. The number of rotatable bonds is 3. The molecule has 36 heavy (non-hydrogen) atoms. The monoisotopic (exact) mass is 524 g/mol. The van der Waals surface area contributed by atoms with Crippen LogP contribution < -0.4 is 10.2 Å². The summed E-state index contributed by atoms with van der Waals surface area (Å²) in [6, 6.07) is 9.63. The highest BCUT2D eigenvalue weighted by molar-refractivity contribution is 6.30. The Morgan fingerprint density at radius 1 is 1.03 bits per heavy atom. The van der Waals surface area contributed by atoms with E-state index < -0.39 is 53.8 Å². The predicted molar refractivity (Wildman–Crippen MR) is 123 cm³/mol. The molecule has 1 aliphatic heterocycles. The van der Waals surface area contributed by atoms with Crippen LogP contribution in [0, 0.1) is 18.6 Å². The maximum Gasteiger partial charge on any atom is 0.311 e. The summed E-state index contributed by atoms with van der Waals surface area (Å²) in [5.74, 6) is -11.5. The molecule has 3 aromatic carbocycles. The Morgan fingerprint density at radius 3 is 2.42 bits per heavy atom. The molecule has 11 heteroatoms. The summed E-state index contributed by atoms with van der Waals surface area (Å²) in [6.07, 6.45) is -1.22. The molecule has 1 heterocycles. The van der Waals surface area contributed by atoms with Crippen molar-refractivity contribution >= 4 is 34.8 Å². The molecule has 0 aliphatic carbocycles. The zero-order valence-corrected chi connectivity index (χ0v) is 19.3. The van der Waals surface area contributed by atoms with E-state index in [9.17, 15) is 36.6 Å². The molecule has 5 nitrogen and oxygen atoms in total. The van der Waals surface area contributed by atoms with Gasteiger partial charge < -0.3 is 15.3 Å². The van der Waals surface area contributed by atoms with Gasteiger partial charge in [-0.05, 0) is 67.1 Å². The summed E-state index contributed by atoms with van der Waals surface area (Å²) >= 11 is 5.81. The molecule has 1 aliphatic rings. The highest BCUT2D eigenvalue weighted by Gasteiger charge is 2.58. The molecule has 0 saturated carbocycles. The maximum atomic E-state index is 14.8. The van der Waals surface area contributed by atoms with Crippen molar-refractivity contribution in [2.24, 2.45) is 0 Å². The first-order chi connectivity index (χ1) is 16.8. The van der Waals surface area contributed by atoms with E-state index in [1.54, 1.807) is 0 Å². The van der Waals surface area contributed by atoms with Crippen LogP contribution >= 0.6 is 11.6 Å². The van der Waals surface area contributed by atoms with Crippen LogP contribution in [0.15, 0.2) is 54.6 Å². The number of hydrogen-bond acceptors (Lipinski definition) is 3. The van der Waals surface area contributed by atoms with Crippen LogP contribution in [-0.2, 0) is 5.85 Å². The molecule has 4 rings (SSSR count). The van der Waals surface area contributed by atoms with Gasteiger partial charge >= 0.3 is 5.92 Å². The zero-order valence-electron chi connectivity index (χ0n) is 18.6. The lowest BCUT2D eigenvalue weighted by Gasteiger charge is -2.27. The average Bonchev–Trinajstić information content (AvgIpc) is 2.87. The van der Waals surface area contributed by atoms with Gasteiger partial charge in [-0.1, -0.05) is 11.6 Å². The summed E-state index contributed by atoms with van der Waals surface area (Å²) < 4.78 is 71.7. The summed E-state index contributed by atoms with van der Waals surface area (Å²) in [4.78, 5) is 26.4. The number of nitrogens with zero attached hydrogens (tertiary/aromatic N) is 1. The first kappa shape index (κ1) is 25.6. The van der Waals surface area contributed by atoms with Crippen LogP contribution in [0.4, 0.5) is 33.3 Å². The number of halogens is 6. The predicted octanol–water partition coefficient (Wildman–Crippen LogP) is 5.98. The van der Waals surface area contributed by atoms with Crippen molar-refractivity contribution in [2.75, 3.05) is 16.8 Å². The first-order valence-electron chi connectivity index (χ1n) is 10.6.